The maximum atomic E-state index is 10.0. The molecule has 12 heavy (non-hydrogen) atoms. The van der Waals surface area contributed by atoms with Crippen LogP contribution in [0.3, 0.4) is 0 Å². The first kappa shape index (κ1) is 10.8. The lowest BCUT2D eigenvalue weighted by atomic mass is 10.7. The molecule has 0 aliphatic heterocycles. The van der Waals surface area contributed by atoms with Gasteiger partial charge in [-0.3, -0.25) is 10.1 Å². The van der Waals surface area contributed by atoms with E-state index in [-0.39, 0.29) is 0 Å². The normalized spacial score (nSPS) is 10.5. The van der Waals surface area contributed by atoms with Crippen molar-refractivity contribution < 1.29 is 4.92 Å². The minimum Gasteiger partial charge on any atom is -0.310 e. The van der Waals surface area contributed by atoms with Crippen LogP contribution in [0.1, 0.15) is 0 Å². The zero-order valence-electron chi connectivity index (χ0n) is 6.53. The zero-order valence-corrected chi connectivity index (χ0v) is 7.35. The lowest BCUT2D eigenvalue weighted by molar-refractivity contribution is -0.403. The highest BCUT2D eigenvalue weighted by atomic mass is 32.2. The fraction of sp³-hybridized carbons (Fsp3) is 0.333. The summed E-state index contributed by atoms with van der Waals surface area (Å²) in [6.07, 6.45) is 7.54. The Bertz CT molecular complexity index is 221. The topological polar surface area (TPSA) is 67.2 Å². The van der Waals surface area contributed by atoms with Gasteiger partial charge >= 0.3 is 0 Å². The average molecular weight is 187 g/mol. The van der Waals surface area contributed by atoms with Gasteiger partial charge in [0.15, 0.2) is 5.03 Å². The van der Waals surface area contributed by atoms with Crippen LogP contribution in [0.4, 0.5) is 0 Å². The average Bonchev–Trinajstić information content (AvgIpc) is 2.02. The van der Waals surface area contributed by atoms with E-state index in [1.807, 2.05) is 0 Å². The number of nitrogens with zero attached hydrogens (tertiary/aromatic N) is 1. The summed E-state index contributed by atoms with van der Waals surface area (Å²) in [7, 11) is 0. The van der Waals surface area contributed by atoms with Crippen molar-refractivity contribution in [1.82, 2.24) is 10.9 Å². The van der Waals surface area contributed by atoms with Crippen LogP contribution in [-0.4, -0.2) is 17.7 Å². The number of nitro groups is 1. The molecule has 0 rings (SSSR count). The molecule has 0 aliphatic rings. The quantitative estimate of drug-likeness (QED) is 0.277. The molecular weight excluding hydrogens is 178 g/mol. The Morgan fingerprint density at radius 1 is 1.92 bits per heavy atom. The summed E-state index contributed by atoms with van der Waals surface area (Å²) in [6, 6.07) is 0. The third-order valence-electron chi connectivity index (χ3n) is 0.845. The SMILES string of the molecule is C#CCNNC(=C[N+](=O)[O-])SC. The van der Waals surface area contributed by atoms with E-state index in [1.54, 1.807) is 6.26 Å². The molecule has 0 saturated heterocycles. The molecule has 2 N–H and O–H groups in total. The Morgan fingerprint density at radius 2 is 2.58 bits per heavy atom. The summed E-state index contributed by atoms with van der Waals surface area (Å²) < 4.78 is 0. The summed E-state index contributed by atoms with van der Waals surface area (Å²) in [4.78, 5) is 9.48. The second-order valence-corrected chi connectivity index (χ2v) is 2.51. The summed E-state index contributed by atoms with van der Waals surface area (Å²) >= 11 is 1.23. The predicted octanol–water partition coefficient (Wildman–Crippen LogP) is 0.152. The molecule has 0 fully saturated rings. The lowest BCUT2D eigenvalue weighted by Gasteiger charge is -2.03. The van der Waals surface area contributed by atoms with E-state index in [0.29, 0.717) is 11.6 Å². The molecule has 0 saturated carbocycles. The summed E-state index contributed by atoms with van der Waals surface area (Å²) in [6.45, 7) is 0.315. The number of terminal acetylenes is 1. The van der Waals surface area contributed by atoms with Gasteiger partial charge in [-0.05, 0) is 6.26 Å². The number of thioether (sulfide) groups is 1. The summed E-state index contributed by atoms with van der Waals surface area (Å²) in [5.41, 5.74) is 5.20. The van der Waals surface area contributed by atoms with Crippen molar-refractivity contribution in [2.75, 3.05) is 12.8 Å². The van der Waals surface area contributed by atoms with Crippen LogP contribution in [0.5, 0.6) is 0 Å². The van der Waals surface area contributed by atoms with Crippen molar-refractivity contribution in [3.8, 4) is 12.3 Å². The number of hydrazine groups is 1. The lowest BCUT2D eigenvalue weighted by Crippen LogP contribution is -2.30. The third kappa shape index (κ3) is 5.58. The van der Waals surface area contributed by atoms with Gasteiger partial charge in [0.1, 0.15) is 0 Å². The van der Waals surface area contributed by atoms with Crippen LogP contribution in [0.25, 0.3) is 0 Å². The highest BCUT2D eigenvalue weighted by Gasteiger charge is 1.98. The van der Waals surface area contributed by atoms with Crippen LogP contribution in [0.15, 0.2) is 11.2 Å². The molecular formula is C6H9N3O2S. The van der Waals surface area contributed by atoms with Crippen molar-refractivity contribution >= 4 is 11.8 Å². The van der Waals surface area contributed by atoms with Gasteiger partial charge in [0, 0.05) is 0 Å². The van der Waals surface area contributed by atoms with Crippen molar-refractivity contribution in [1.29, 1.82) is 0 Å². The van der Waals surface area contributed by atoms with E-state index < -0.39 is 4.92 Å². The highest BCUT2D eigenvalue weighted by Crippen LogP contribution is 2.04. The van der Waals surface area contributed by atoms with Crippen LogP contribution in [-0.2, 0) is 0 Å². The molecule has 0 aromatic rings. The molecule has 0 atom stereocenters. The van der Waals surface area contributed by atoms with Gasteiger partial charge in [0.05, 0.1) is 11.5 Å². The monoisotopic (exact) mass is 187 g/mol. The van der Waals surface area contributed by atoms with Crippen molar-refractivity contribution in [3.05, 3.63) is 21.3 Å². The van der Waals surface area contributed by atoms with Gasteiger partial charge in [-0.25, -0.2) is 5.43 Å². The molecule has 0 radical (unpaired) electrons. The molecule has 0 spiro atoms. The first-order chi connectivity index (χ1) is 5.70. The number of hydrogen-bond acceptors (Lipinski definition) is 5. The Morgan fingerprint density at radius 3 is 3.00 bits per heavy atom. The third-order valence-corrected chi connectivity index (χ3v) is 1.49. The molecule has 6 heteroatoms. The van der Waals surface area contributed by atoms with E-state index in [9.17, 15) is 10.1 Å². The fourth-order valence-electron chi connectivity index (χ4n) is 0.414. The van der Waals surface area contributed by atoms with Crippen LogP contribution >= 0.6 is 11.8 Å². The standard InChI is InChI=1S/C6H9N3O2S/c1-3-4-7-8-6(12-2)5-9(10)11/h1,5,7-8H,4H2,2H3. The Hall–Kier alpha value is -1.19. The van der Waals surface area contributed by atoms with Crippen LogP contribution in [0, 0.1) is 22.5 Å². The van der Waals surface area contributed by atoms with Crippen LogP contribution in [0.2, 0.25) is 0 Å². The smallest absolute Gasteiger partial charge is 0.265 e. The highest BCUT2D eigenvalue weighted by molar-refractivity contribution is 8.02. The van der Waals surface area contributed by atoms with Gasteiger partial charge in [-0.15, -0.1) is 18.2 Å². The van der Waals surface area contributed by atoms with E-state index >= 15 is 0 Å². The molecule has 0 aromatic heterocycles. The molecule has 0 heterocycles. The molecule has 0 amide bonds. The number of rotatable bonds is 5. The second-order valence-electron chi connectivity index (χ2n) is 1.67. The summed E-state index contributed by atoms with van der Waals surface area (Å²) in [5.74, 6) is 2.32. The van der Waals surface area contributed by atoms with E-state index in [1.165, 1.54) is 11.8 Å². The fourth-order valence-corrected chi connectivity index (χ4v) is 0.780. The minimum atomic E-state index is -0.531. The number of hydrogen-bond donors (Lipinski definition) is 2. The predicted molar refractivity (Wildman–Crippen MR) is 48.6 cm³/mol. The molecule has 0 unspecified atom stereocenters. The Kier molecular flexibility index (Phi) is 5.87. The van der Waals surface area contributed by atoms with Gasteiger partial charge < -0.3 is 5.43 Å². The maximum absolute atomic E-state index is 10.0. The minimum absolute atomic E-state index is 0.315. The zero-order chi connectivity index (χ0) is 9.40. The van der Waals surface area contributed by atoms with Gasteiger partial charge in [-0.1, -0.05) is 5.92 Å². The van der Waals surface area contributed by atoms with Gasteiger partial charge in [0.25, 0.3) is 6.20 Å². The second kappa shape index (κ2) is 6.52. The van der Waals surface area contributed by atoms with Crippen molar-refractivity contribution in [3.63, 3.8) is 0 Å². The largest absolute Gasteiger partial charge is 0.310 e. The summed E-state index contributed by atoms with van der Waals surface area (Å²) in [5, 5.41) is 10.4. The first-order valence-electron chi connectivity index (χ1n) is 3.02. The van der Waals surface area contributed by atoms with E-state index in [4.69, 9.17) is 6.42 Å². The first-order valence-corrected chi connectivity index (χ1v) is 4.24. The van der Waals surface area contributed by atoms with E-state index in [0.717, 1.165) is 6.20 Å². The van der Waals surface area contributed by atoms with Gasteiger partial charge in [0.2, 0.25) is 0 Å². The molecule has 0 aromatic carbocycles. The number of nitrogens with one attached hydrogen (secondary N) is 2. The molecule has 5 nitrogen and oxygen atoms in total. The molecule has 66 valence electrons. The Labute approximate surface area is 74.7 Å². The van der Waals surface area contributed by atoms with Crippen LogP contribution < -0.4 is 10.9 Å². The van der Waals surface area contributed by atoms with E-state index in [2.05, 4.69) is 16.8 Å². The van der Waals surface area contributed by atoms with Crippen molar-refractivity contribution in [2.45, 2.75) is 0 Å². The van der Waals surface area contributed by atoms with Crippen molar-refractivity contribution in [2.24, 2.45) is 0 Å². The maximum Gasteiger partial charge on any atom is 0.265 e. The molecule has 0 aliphatic carbocycles. The molecule has 0 bridgehead atoms. The van der Waals surface area contributed by atoms with Gasteiger partial charge in [-0.2, -0.15) is 0 Å². The Balaban J connectivity index is 3.85.